The summed E-state index contributed by atoms with van der Waals surface area (Å²) in [5.74, 6) is 0. The molecule has 0 saturated heterocycles. The van der Waals surface area contributed by atoms with Crippen LogP contribution in [0, 0.1) is 0 Å². The van der Waals surface area contributed by atoms with Gasteiger partial charge in [-0.15, -0.1) is 0 Å². The van der Waals surface area contributed by atoms with Crippen molar-refractivity contribution in [2.24, 2.45) is 0 Å². The van der Waals surface area contributed by atoms with E-state index in [1.807, 2.05) is 6.92 Å². The number of hydrogen-bond donors (Lipinski definition) is 2. The summed E-state index contributed by atoms with van der Waals surface area (Å²) < 4.78 is 10.1. The maximum atomic E-state index is 9.96. The highest BCUT2D eigenvalue weighted by molar-refractivity contribution is 4.88. The van der Waals surface area contributed by atoms with E-state index in [0.29, 0.717) is 31.7 Å². The van der Waals surface area contributed by atoms with Crippen molar-refractivity contribution < 1.29 is 14.6 Å². The first kappa shape index (κ1) is 12.9. The average molecular weight is 217 g/mol. The lowest BCUT2D eigenvalue weighted by Crippen LogP contribution is -2.50. The summed E-state index contributed by atoms with van der Waals surface area (Å²) in [4.78, 5) is 0. The predicted octanol–water partition coefficient (Wildman–Crippen LogP) is 0.541. The molecule has 0 aliphatic heterocycles. The Kier molecular flexibility index (Phi) is 4.99. The summed E-state index contributed by atoms with van der Waals surface area (Å²) in [6.07, 6.45) is 3.18. The molecule has 1 saturated carbocycles. The number of aliphatic hydroxyl groups is 1. The zero-order valence-corrected chi connectivity index (χ0v) is 9.95. The second kappa shape index (κ2) is 5.80. The molecular weight excluding hydrogens is 194 g/mol. The molecule has 15 heavy (non-hydrogen) atoms. The summed E-state index contributed by atoms with van der Waals surface area (Å²) in [5.41, 5.74) is -0.672. The zero-order chi connectivity index (χ0) is 11.3. The molecule has 1 aliphatic rings. The van der Waals surface area contributed by atoms with Crippen LogP contribution in [0.4, 0.5) is 0 Å². The van der Waals surface area contributed by atoms with E-state index < -0.39 is 5.60 Å². The van der Waals surface area contributed by atoms with Crippen LogP contribution in [0.15, 0.2) is 0 Å². The fourth-order valence-electron chi connectivity index (χ4n) is 1.70. The first-order valence-corrected chi connectivity index (χ1v) is 5.55. The van der Waals surface area contributed by atoms with E-state index in [1.54, 1.807) is 14.2 Å². The van der Waals surface area contributed by atoms with E-state index in [9.17, 15) is 5.11 Å². The maximum absolute atomic E-state index is 9.96. The fraction of sp³-hybridized carbons (Fsp3) is 1.00. The molecule has 1 aliphatic carbocycles. The topological polar surface area (TPSA) is 50.7 Å². The van der Waals surface area contributed by atoms with Gasteiger partial charge in [0.05, 0.1) is 11.7 Å². The molecule has 0 spiro atoms. The van der Waals surface area contributed by atoms with Gasteiger partial charge in [-0.3, -0.25) is 0 Å². The van der Waals surface area contributed by atoms with Gasteiger partial charge in [-0.1, -0.05) is 0 Å². The number of methoxy groups -OCH3 is 2. The summed E-state index contributed by atoms with van der Waals surface area (Å²) in [7, 11) is 3.40. The molecule has 0 bridgehead atoms. The average Bonchev–Trinajstić information content (AvgIpc) is 2.13. The van der Waals surface area contributed by atoms with E-state index in [-0.39, 0.29) is 0 Å². The van der Waals surface area contributed by atoms with Crippen LogP contribution in [-0.2, 0) is 9.47 Å². The lowest BCUT2D eigenvalue weighted by molar-refractivity contribution is -0.00599. The van der Waals surface area contributed by atoms with Gasteiger partial charge in [0.2, 0.25) is 0 Å². The molecule has 0 amide bonds. The van der Waals surface area contributed by atoms with Crippen molar-refractivity contribution in [2.75, 3.05) is 27.4 Å². The van der Waals surface area contributed by atoms with Crippen LogP contribution >= 0.6 is 0 Å². The summed E-state index contributed by atoms with van der Waals surface area (Å²) in [6, 6.07) is 0.504. The van der Waals surface area contributed by atoms with Gasteiger partial charge in [-0.05, 0) is 19.8 Å². The van der Waals surface area contributed by atoms with Gasteiger partial charge < -0.3 is 19.9 Å². The van der Waals surface area contributed by atoms with E-state index >= 15 is 0 Å². The molecular formula is C11H23NO3. The van der Waals surface area contributed by atoms with Crippen LogP contribution in [-0.4, -0.2) is 50.2 Å². The Hall–Kier alpha value is -0.160. The first-order chi connectivity index (χ1) is 7.07. The lowest BCUT2D eigenvalue weighted by atomic mass is 9.88. The third-order valence-electron chi connectivity index (χ3n) is 3.04. The number of ether oxygens (including phenoxy) is 2. The van der Waals surface area contributed by atoms with Crippen molar-refractivity contribution in [1.29, 1.82) is 0 Å². The van der Waals surface area contributed by atoms with Crippen LogP contribution in [0.25, 0.3) is 0 Å². The predicted molar refractivity (Wildman–Crippen MR) is 58.9 cm³/mol. The minimum Gasteiger partial charge on any atom is -0.389 e. The van der Waals surface area contributed by atoms with Crippen molar-refractivity contribution in [3.8, 4) is 0 Å². The largest absolute Gasteiger partial charge is 0.389 e. The van der Waals surface area contributed by atoms with Crippen LogP contribution < -0.4 is 5.32 Å². The molecule has 1 fully saturated rings. The van der Waals surface area contributed by atoms with Crippen LogP contribution in [0.3, 0.4) is 0 Å². The maximum Gasteiger partial charge on any atom is 0.0765 e. The zero-order valence-electron chi connectivity index (χ0n) is 9.95. The van der Waals surface area contributed by atoms with Gasteiger partial charge in [0.25, 0.3) is 0 Å². The van der Waals surface area contributed by atoms with Crippen molar-refractivity contribution >= 4 is 0 Å². The molecule has 4 nitrogen and oxygen atoms in total. The molecule has 4 heteroatoms. The molecule has 0 aromatic heterocycles. The molecule has 0 aromatic carbocycles. The number of rotatable bonds is 7. The molecule has 2 N–H and O–H groups in total. The monoisotopic (exact) mass is 217 g/mol. The van der Waals surface area contributed by atoms with E-state index in [0.717, 1.165) is 12.8 Å². The van der Waals surface area contributed by atoms with Crippen LogP contribution in [0.2, 0.25) is 0 Å². The van der Waals surface area contributed by atoms with Crippen LogP contribution in [0.1, 0.15) is 26.2 Å². The Morgan fingerprint density at radius 3 is 2.60 bits per heavy atom. The first-order valence-electron chi connectivity index (χ1n) is 5.55. The molecule has 0 heterocycles. The lowest BCUT2D eigenvalue weighted by Gasteiger charge is -2.37. The second-order valence-electron chi connectivity index (χ2n) is 4.65. The standard InChI is InChI=1S/C11H23NO3/c1-11(13,4-5-14-2)8-12-9-6-10(7-9)15-3/h9-10,12-13H,4-8H2,1-3H3. The smallest absolute Gasteiger partial charge is 0.0765 e. The summed E-state index contributed by atoms with van der Waals surface area (Å²) in [5, 5.41) is 13.3. The van der Waals surface area contributed by atoms with Crippen molar-refractivity contribution in [2.45, 2.75) is 43.9 Å². The van der Waals surface area contributed by atoms with Crippen LogP contribution in [0.5, 0.6) is 0 Å². The Balaban J connectivity index is 2.08. The highest BCUT2D eigenvalue weighted by Gasteiger charge is 2.30. The minimum atomic E-state index is -0.672. The molecule has 0 aromatic rings. The Labute approximate surface area is 92.0 Å². The van der Waals surface area contributed by atoms with Gasteiger partial charge in [-0.2, -0.15) is 0 Å². The molecule has 0 radical (unpaired) electrons. The van der Waals surface area contributed by atoms with Crippen molar-refractivity contribution in [1.82, 2.24) is 5.32 Å². The third kappa shape index (κ3) is 4.47. The van der Waals surface area contributed by atoms with E-state index in [2.05, 4.69) is 5.32 Å². The molecule has 1 unspecified atom stereocenters. The number of nitrogens with one attached hydrogen (secondary N) is 1. The van der Waals surface area contributed by atoms with Gasteiger partial charge >= 0.3 is 0 Å². The van der Waals surface area contributed by atoms with E-state index in [1.165, 1.54) is 0 Å². The SMILES string of the molecule is COCCC(C)(O)CNC1CC(OC)C1. The highest BCUT2D eigenvalue weighted by atomic mass is 16.5. The second-order valence-corrected chi connectivity index (χ2v) is 4.65. The van der Waals surface area contributed by atoms with Crippen molar-refractivity contribution in [3.05, 3.63) is 0 Å². The third-order valence-corrected chi connectivity index (χ3v) is 3.04. The van der Waals surface area contributed by atoms with Gasteiger partial charge in [0, 0.05) is 39.8 Å². The fourth-order valence-corrected chi connectivity index (χ4v) is 1.70. The Morgan fingerprint density at radius 2 is 2.07 bits per heavy atom. The van der Waals surface area contributed by atoms with Crippen molar-refractivity contribution in [3.63, 3.8) is 0 Å². The van der Waals surface area contributed by atoms with Gasteiger partial charge in [0.15, 0.2) is 0 Å². The molecule has 1 rings (SSSR count). The summed E-state index contributed by atoms with van der Waals surface area (Å²) >= 11 is 0. The molecule has 90 valence electrons. The van der Waals surface area contributed by atoms with Gasteiger partial charge in [-0.25, -0.2) is 0 Å². The quantitative estimate of drug-likeness (QED) is 0.653. The van der Waals surface area contributed by atoms with E-state index in [4.69, 9.17) is 9.47 Å². The Bertz CT molecular complexity index is 179. The van der Waals surface area contributed by atoms with Gasteiger partial charge in [0.1, 0.15) is 0 Å². The normalized spacial score (nSPS) is 29.6. The summed E-state index contributed by atoms with van der Waals surface area (Å²) in [6.45, 7) is 3.06. The Morgan fingerprint density at radius 1 is 1.40 bits per heavy atom. The highest BCUT2D eigenvalue weighted by Crippen LogP contribution is 2.23. The molecule has 1 atom stereocenters. The number of hydrogen-bond acceptors (Lipinski definition) is 4. The minimum absolute atomic E-state index is 0.409.